The van der Waals surface area contributed by atoms with Crippen molar-refractivity contribution in [2.75, 3.05) is 0 Å². The molecule has 0 aliphatic carbocycles. The molecule has 1 aromatic carbocycles. The van der Waals surface area contributed by atoms with E-state index in [4.69, 9.17) is 5.73 Å². The van der Waals surface area contributed by atoms with Crippen LogP contribution in [0.15, 0.2) is 22.7 Å². The second-order valence-electron chi connectivity index (χ2n) is 2.94. The monoisotopic (exact) mass is 239 g/mol. The fourth-order valence-electron chi connectivity index (χ4n) is 1.46. The van der Waals surface area contributed by atoms with Crippen LogP contribution in [-0.4, -0.2) is 9.78 Å². The van der Waals surface area contributed by atoms with E-state index in [2.05, 4.69) is 21.0 Å². The summed E-state index contributed by atoms with van der Waals surface area (Å²) in [6, 6.07) is 6.01. The minimum Gasteiger partial charge on any atom is -0.325 e. The molecule has 0 saturated carbocycles. The largest absolute Gasteiger partial charge is 0.325 e. The number of aryl methyl sites for hydroxylation is 1. The van der Waals surface area contributed by atoms with E-state index in [1.165, 1.54) is 0 Å². The van der Waals surface area contributed by atoms with Crippen molar-refractivity contribution in [1.29, 1.82) is 0 Å². The summed E-state index contributed by atoms with van der Waals surface area (Å²) in [4.78, 5) is 0. The minimum atomic E-state index is 0.517. The molecule has 1 heterocycles. The maximum Gasteiger partial charge on any atom is 0.0927 e. The van der Waals surface area contributed by atoms with Crippen LogP contribution < -0.4 is 5.73 Å². The Labute approximate surface area is 84.7 Å². The molecule has 0 radical (unpaired) electrons. The predicted octanol–water partition coefficient (Wildman–Crippen LogP) is 1.79. The highest BCUT2D eigenvalue weighted by atomic mass is 79.9. The number of fused-ring (bicyclic) bond motifs is 1. The van der Waals surface area contributed by atoms with Gasteiger partial charge in [0.15, 0.2) is 0 Å². The Morgan fingerprint density at radius 3 is 3.00 bits per heavy atom. The quantitative estimate of drug-likeness (QED) is 0.825. The minimum absolute atomic E-state index is 0.517. The van der Waals surface area contributed by atoms with Gasteiger partial charge in [-0.05, 0) is 18.2 Å². The predicted molar refractivity (Wildman–Crippen MR) is 56.3 cm³/mol. The highest BCUT2D eigenvalue weighted by Crippen LogP contribution is 2.21. The summed E-state index contributed by atoms with van der Waals surface area (Å²) in [5.41, 5.74) is 7.69. The highest BCUT2D eigenvalue weighted by Gasteiger charge is 2.06. The molecule has 3 nitrogen and oxygen atoms in total. The normalized spacial score (nSPS) is 11.0. The molecule has 2 aromatic rings. The molecule has 68 valence electrons. The average molecular weight is 240 g/mol. The molecule has 0 aliphatic rings. The third-order valence-electron chi connectivity index (χ3n) is 2.11. The molecule has 0 fully saturated rings. The summed E-state index contributed by atoms with van der Waals surface area (Å²) in [6.07, 6.45) is 0. The average Bonchev–Trinajstić information content (AvgIpc) is 2.40. The van der Waals surface area contributed by atoms with Gasteiger partial charge in [0.05, 0.1) is 11.2 Å². The molecule has 13 heavy (non-hydrogen) atoms. The molecule has 1 aromatic heterocycles. The molecule has 0 amide bonds. The van der Waals surface area contributed by atoms with Gasteiger partial charge in [-0.15, -0.1) is 0 Å². The zero-order valence-electron chi connectivity index (χ0n) is 7.29. The third kappa shape index (κ3) is 1.36. The lowest BCUT2D eigenvalue weighted by Crippen LogP contribution is -2.04. The zero-order chi connectivity index (χ0) is 9.42. The first-order valence-electron chi connectivity index (χ1n) is 4.03. The van der Waals surface area contributed by atoms with Crippen LogP contribution in [0.3, 0.4) is 0 Å². The van der Waals surface area contributed by atoms with Gasteiger partial charge in [-0.3, -0.25) is 4.68 Å². The van der Waals surface area contributed by atoms with Crippen molar-refractivity contribution in [2.45, 2.75) is 6.54 Å². The Bertz CT molecular complexity index is 447. The molecule has 0 spiro atoms. The van der Waals surface area contributed by atoms with Gasteiger partial charge in [-0.1, -0.05) is 15.9 Å². The van der Waals surface area contributed by atoms with E-state index in [9.17, 15) is 0 Å². The Hall–Kier alpha value is -0.870. The molecule has 0 unspecified atom stereocenters. The number of hydrogen-bond donors (Lipinski definition) is 1. The maximum atomic E-state index is 5.64. The number of hydrogen-bond acceptors (Lipinski definition) is 2. The second-order valence-corrected chi connectivity index (χ2v) is 3.85. The summed E-state index contributed by atoms with van der Waals surface area (Å²) in [6.45, 7) is 0.517. The summed E-state index contributed by atoms with van der Waals surface area (Å²) >= 11 is 3.43. The lowest BCUT2D eigenvalue weighted by molar-refractivity contribution is 0.722. The Morgan fingerprint density at radius 1 is 1.54 bits per heavy atom. The SMILES string of the molecule is Cn1nc2ccc(Br)cc2c1CN. The first-order valence-corrected chi connectivity index (χ1v) is 4.83. The smallest absolute Gasteiger partial charge is 0.0927 e. The first kappa shape index (κ1) is 8.72. The van der Waals surface area contributed by atoms with Gasteiger partial charge >= 0.3 is 0 Å². The molecule has 2 N–H and O–H groups in total. The van der Waals surface area contributed by atoms with Crippen molar-refractivity contribution in [1.82, 2.24) is 9.78 Å². The lowest BCUT2D eigenvalue weighted by Gasteiger charge is -1.96. The summed E-state index contributed by atoms with van der Waals surface area (Å²) < 4.78 is 2.89. The fourth-order valence-corrected chi connectivity index (χ4v) is 1.83. The van der Waals surface area contributed by atoms with Gasteiger partial charge in [0.1, 0.15) is 0 Å². The number of nitrogens with zero attached hydrogens (tertiary/aromatic N) is 2. The second kappa shape index (κ2) is 3.12. The standard InChI is InChI=1S/C9H10BrN3/c1-13-9(5-11)7-4-6(10)2-3-8(7)12-13/h2-4H,5,11H2,1H3. The van der Waals surface area contributed by atoms with Gasteiger partial charge in [-0.2, -0.15) is 5.10 Å². The lowest BCUT2D eigenvalue weighted by atomic mass is 10.2. The fraction of sp³-hybridized carbons (Fsp3) is 0.222. The van der Waals surface area contributed by atoms with E-state index in [0.717, 1.165) is 21.1 Å². The van der Waals surface area contributed by atoms with Crippen molar-refractivity contribution in [2.24, 2.45) is 12.8 Å². The number of benzene rings is 1. The third-order valence-corrected chi connectivity index (χ3v) is 2.60. The van der Waals surface area contributed by atoms with Crippen LogP contribution in [-0.2, 0) is 13.6 Å². The molecular weight excluding hydrogens is 230 g/mol. The van der Waals surface area contributed by atoms with Gasteiger partial charge in [0.25, 0.3) is 0 Å². The zero-order valence-corrected chi connectivity index (χ0v) is 8.87. The summed E-state index contributed by atoms with van der Waals surface area (Å²) in [7, 11) is 1.91. The van der Waals surface area contributed by atoms with Crippen LogP contribution >= 0.6 is 15.9 Å². The van der Waals surface area contributed by atoms with Gasteiger partial charge < -0.3 is 5.73 Å². The Kier molecular flexibility index (Phi) is 2.09. The van der Waals surface area contributed by atoms with Crippen molar-refractivity contribution in [3.8, 4) is 0 Å². The Morgan fingerprint density at radius 2 is 2.31 bits per heavy atom. The highest BCUT2D eigenvalue weighted by molar-refractivity contribution is 9.10. The van der Waals surface area contributed by atoms with Crippen molar-refractivity contribution < 1.29 is 0 Å². The van der Waals surface area contributed by atoms with E-state index >= 15 is 0 Å². The van der Waals surface area contributed by atoms with Crippen molar-refractivity contribution in [3.63, 3.8) is 0 Å². The van der Waals surface area contributed by atoms with Crippen LogP contribution in [0.2, 0.25) is 0 Å². The van der Waals surface area contributed by atoms with Gasteiger partial charge in [-0.25, -0.2) is 0 Å². The van der Waals surface area contributed by atoms with Gasteiger partial charge in [0, 0.05) is 23.5 Å². The van der Waals surface area contributed by atoms with E-state index in [0.29, 0.717) is 6.54 Å². The van der Waals surface area contributed by atoms with E-state index in [-0.39, 0.29) is 0 Å². The van der Waals surface area contributed by atoms with Crippen molar-refractivity contribution >= 4 is 26.8 Å². The topological polar surface area (TPSA) is 43.8 Å². The molecule has 0 aliphatic heterocycles. The summed E-state index contributed by atoms with van der Waals surface area (Å²) in [5.74, 6) is 0. The summed E-state index contributed by atoms with van der Waals surface area (Å²) in [5, 5.41) is 5.47. The van der Waals surface area contributed by atoms with Crippen LogP contribution in [0.25, 0.3) is 10.9 Å². The number of nitrogens with two attached hydrogens (primary N) is 1. The van der Waals surface area contributed by atoms with E-state index < -0.39 is 0 Å². The van der Waals surface area contributed by atoms with Crippen LogP contribution in [0.1, 0.15) is 5.69 Å². The van der Waals surface area contributed by atoms with Crippen molar-refractivity contribution in [3.05, 3.63) is 28.4 Å². The van der Waals surface area contributed by atoms with E-state index in [1.54, 1.807) is 0 Å². The number of halogens is 1. The number of aromatic nitrogens is 2. The molecule has 4 heteroatoms. The van der Waals surface area contributed by atoms with Crippen LogP contribution in [0.4, 0.5) is 0 Å². The Balaban J connectivity index is 2.80. The maximum absolute atomic E-state index is 5.64. The molecule has 0 saturated heterocycles. The van der Waals surface area contributed by atoms with Gasteiger partial charge in [0.2, 0.25) is 0 Å². The first-order chi connectivity index (χ1) is 6.22. The molecule has 0 bridgehead atoms. The van der Waals surface area contributed by atoms with Crippen LogP contribution in [0.5, 0.6) is 0 Å². The molecule has 2 rings (SSSR count). The molecule has 0 atom stereocenters. The van der Waals surface area contributed by atoms with E-state index in [1.807, 2.05) is 29.9 Å². The van der Waals surface area contributed by atoms with Crippen LogP contribution in [0, 0.1) is 0 Å². The molecular formula is C9H10BrN3. The number of rotatable bonds is 1.